The molecule has 206 valence electrons. The van der Waals surface area contributed by atoms with Crippen LogP contribution in [0.1, 0.15) is 27.6 Å². The Hall–Kier alpha value is -4.26. The summed E-state index contributed by atoms with van der Waals surface area (Å²) in [6.07, 6.45) is 0. The van der Waals surface area contributed by atoms with Gasteiger partial charge in [-0.15, -0.1) is 0 Å². The number of nitrogens with one attached hydrogen (secondary N) is 2. The first-order valence-corrected chi connectivity index (χ1v) is 13.3. The van der Waals surface area contributed by atoms with Crippen LogP contribution in [-0.2, 0) is 11.3 Å². The van der Waals surface area contributed by atoms with E-state index in [2.05, 4.69) is 36.8 Å². The van der Waals surface area contributed by atoms with Crippen LogP contribution in [0.25, 0.3) is 21.3 Å². The Labute approximate surface area is 241 Å². The molecule has 2 heterocycles. The maximum atomic E-state index is 11.9. The fourth-order valence-corrected chi connectivity index (χ4v) is 5.10. The van der Waals surface area contributed by atoms with E-state index in [1.54, 1.807) is 19.2 Å². The minimum absolute atomic E-state index is 0.0114. The number of halogens is 2. The molecule has 0 fully saturated rings. The molecule has 0 atom stereocenters. The van der Waals surface area contributed by atoms with E-state index in [-0.39, 0.29) is 22.2 Å². The van der Waals surface area contributed by atoms with Crippen LogP contribution in [0.2, 0.25) is 10.0 Å². The normalized spacial score (nSPS) is 10.6. The highest BCUT2D eigenvalue weighted by Gasteiger charge is 2.16. The lowest BCUT2D eigenvalue weighted by Gasteiger charge is -2.06. The number of thiazole rings is 1. The van der Waals surface area contributed by atoms with Gasteiger partial charge in [-0.2, -0.15) is 0 Å². The molecule has 40 heavy (non-hydrogen) atoms. The molecular weight excluding hydrogens is 579 g/mol. The number of methoxy groups -OCH3 is 1. The minimum atomic E-state index is -0.658. The maximum Gasteiger partial charge on any atom is 0.338 e. The van der Waals surface area contributed by atoms with Crippen molar-refractivity contribution in [2.75, 3.05) is 19.5 Å². The van der Waals surface area contributed by atoms with E-state index in [0.29, 0.717) is 16.5 Å². The fraction of sp³-hybridized carbons (Fsp3) is 0.154. The summed E-state index contributed by atoms with van der Waals surface area (Å²) in [5, 5.41) is 17.8. The number of benzene rings is 3. The molecule has 2 N–H and O–H groups in total. The number of hydrogen-bond donors (Lipinski definition) is 2. The van der Waals surface area contributed by atoms with E-state index in [0.717, 1.165) is 39.0 Å². The molecule has 0 aliphatic carbocycles. The summed E-state index contributed by atoms with van der Waals surface area (Å²) < 4.78 is 7.48. The number of aryl methyl sites for hydroxylation is 1. The molecule has 0 saturated heterocycles. The number of carbonyl (C=O) groups excluding carboxylic acids is 2. The van der Waals surface area contributed by atoms with Crippen molar-refractivity contribution in [2.24, 2.45) is 0 Å². The van der Waals surface area contributed by atoms with Crippen LogP contribution in [0.15, 0.2) is 54.6 Å². The highest BCUT2D eigenvalue weighted by atomic mass is 35.5. The Morgan fingerprint density at radius 1 is 1.05 bits per heavy atom. The molecule has 0 saturated carbocycles. The van der Waals surface area contributed by atoms with Gasteiger partial charge in [0.15, 0.2) is 5.13 Å². The first-order valence-electron chi connectivity index (χ1n) is 11.7. The second-order valence-electron chi connectivity index (χ2n) is 8.13. The molecule has 3 aromatic carbocycles. The average molecular weight is 601 g/mol. The molecule has 0 bridgehead atoms. The standard InChI is InChI=1S/C18H16ClN5OS.C8H6ClNO4/c1-3-24-14-7-4-10(16(25)20-2)8-13(14)21-17(24)23-18-22-12-6-5-11(19)9-15(12)26-18;1-14-8(11)5-2-3-6(9)7(4-5)10(12)13/h4-9H,3H2,1-2H3,(H,20,25)(H,21,22,23);2-4H,1H3. The van der Waals surface area contributed by atoms with Crippen molar-refractivity contribution in [3.8, 4) is 0 Å². The van der Waals surface area contributed by atoms with Gasteiger partial charge >= 0.3 is 5.97 Å². The number of amides is 1. The molecule has 0 aliphatic rings. The van der Waals surface area contributed by atoms with Crippen LogP contribution >= 0.6 is 34.5 Å². The number of esters is 1. The zero-order chi connectivity index (χ0) is 29.0. The second-order valence-corrected chi connectivity index (χ2v) is 10.0. The summed E-state index contributed by atoms with van der Waals surface area (Å²) in [6.45, 7) is 2.80. The van der Waals surface area contributed by atoms with Gasteiger partial charge in [0.2, 0.25) is 5.95 Å². The summed E-state index contributed by atoms with van der Waals surface area (Å²) in [5.41, 5.74) is 2.99. The summed E-state index contributed by atoms with van der Waals surface area (Å²) in [6, 6.07) is 14.9. The van der Waals surface area contributed by atoms with Crippen LogP contribution < -0.4 is 10.6 Å². The van der Waals surface area contributed by atoms with Gasteiger partial charge in [-0.05, 0) is 55.5 Å². The third kappa shape index (κ3) is 6.14. The smallest absolute Gasteiger partial charge is 0.338 e. The SMILES string of the molecule is CCn1c(Nc2nc3ccc(Cl)cc3s2)nc2cc(C(=O)NC)ccc21.COC(=O)c1ccc(Cl)c([N+](=O)[O-])c1. The third-order valence-electron chi connectivity index (χ3n) is 5.69. The molecule has 11 nitrogen and oxygen atoms in total. The lowest BCUT2D eigenvalue weighted by Crippen LogP contribution is -2.17. The van der Waals surface area contributed by atoms with Crippen molar-refractivity contribution >= 4 is 84.4 Å². The molecule has 5 aromatic rings. The lowest BCUT2D eigenvalue weighted by atomic mass is 10.2. The number of rotatable bonds is 6. The molecule has 0 spiro atoms. The number of carbonyl (C=O) groups is 2. The van der Waals surface area contributed by atoms with E-state index in [4.69, 9.17) is 23.2 Å². The van der Waals surface area contributed by atoms with Crippen molar-refractivity contribution in [3.05, 3.63) is 85.9 Å². The monoisotopic (exact) mass is 600 g/mol. The van der Waals surface area contributed by atoms with Crippen LogP contribution in [0.5, 0.6) is 0 Å². The van der Waals surface area contributed by atoms with Gasteiger partial charge in [0.05, 0.1) is 38.8 Å². The van der Waals surface area contributed by atoms with Gasteiger partial charge in [-0.25, -0.2) is 14.8 Å². The first kappa shape index (κ1) is 28.7. The predicted octanol–water partition coefficient (Wildman–Crippen LogP) is 6.46. The first-order chi connectivity index (χ1) is 19.1. The predicted molar refractivity (Wildman–Crippen MR) is 156 cm³/mol. The molecule has 0 aliphatic heterocycles. The van der Waals surface area contributed by atoms with Gasteiger partial charge in [0, 0.05) is 30.2 Å². The number of nitrogens with zero attached hydrogens (tertiary/aromatic N) is 4. The average Bonchev–Trinajstić information content (AvgIpc) is 3.51. The Balaban J connectivity index is 0.000000224. The largest absolute Gasteiger partial charge is 0.465 e. The van der Waals surface area contributed by atoms with Crippen LogP contribution in [0.4, 0.5) is 16.8 Å². The number of imidazole rings is 1. The summed E-state index contributed by atoms with van der Waals surface area (Å²) >= 11 is 13.1. The van der Waals surface area contributed by atoms with E-state index in [9.17, 15) is 19.7 Å². The molecule has 0 unspecified atom stereocenters. The number of nitro groups is 1. The summed E-state index contributed by atoms with van der Waals surface area (Å²) in [7, 11) is 2.81. The number of ether oxygens (including phenoxy) is 1. The van der Waals surface area contributed by atoms with Crippen molar-refractivity contribution in [2.45, 2.75) is 13.5 Å². The zero-order valence-corrected chi connectivity index (χ0v) is 23.7. The summed E-state index contributed by atoms with van der Waals surface area (Å²) in [4.78, 5) is 41.9. The van der Waals surface area contributed by atoms with E-state index < -0.39 is 10.9 Å². The molecular formula is C26H22Cl2N6O5S. The number of nitro benzene ring substituents is 1. The highest BCUT2D eigenvalue weighted by Crippen LogP contribution is 2.31. The molecule has 1 amide bonds. The Morgan fingerprint density at radius 3 is 2.48 bits per heavy atom. The topological polar surface area (TPSA) is 141 Å². The Morgan fingerprint density at radius 2 is 1.80 bits per heavy atom. The van der Waals surface area contributed by atoms with Crippen LogP contribution in [0.3, 0.4) is 0 Å². The number of hydrogen-bond acceptors (Lipinski definition) is 9. The Bertz CT molecular complexity index is 1750. The van der Waals surface area contributed by atoms with Gasteiger partial charge in [0.25, 0.3) is 11.6 Å². The van der Waals surface area contributed by atoms with E-state index in [1.807, 2.05) is 24.3 Å². The van der Waals surface area contributed by atoms with Crippen LogP contribution in [-0.4, -0.2) is 45.5 Å². The molecule has 2 aromatic heterocycles. The van der Waals surface area contributed by atoms with E-state index in [1.165, 1.54) is 30.6 Å². The second kappa shape index (κ2) is 12.3. The number of anilines is 2. The minimum Gasteiger partial charge on any atom is -0.465 e. The van der Waals surface area contributed by atoms with Gasteiger partial charge in [0.1, 0.15) is 5.02 Å². The zero-order valence-electron chi connectivity index (χ0n) is 21.4. The number of fused-ring (bicyclic) bond motifs is 2. The van der Waals surface area contributed by atoms with E-state index >= 15 is 0 Å². The van der Waals surface area contributed by atoms with Gasteiger partial charge in [-0.1, -0.05) is 34.5 Å². The quantitative estimate of drug-likeness (QED) is 0.128. The third-order valence-corrected chi connectivity index (χ3v) is 7.18. The van der Waals surface area contributed by atoms with Crippen molar-refractivity contribution in [3.63, 3.8) is 0 Å². The fourth-order valence-electron chi connectivity index (χ4n) is 3.78. The van der Waals surface area contributed by atoms with Gasteiger partial charge < -0.3 is 19.9 Å². The highest BCUT2D eigenvalue weighted by molar-refractivity contribution is 7.22. The van der Waals surface area contributed by atoms with Crippen molar-refractivity contribution < 1.29 is 19.2 Å². The summed E-state index contributed by atoms with van der Waals surface area (Å²) in [5.74, 6) is -0.0676. The molecule has 14 heteroatoms. The van der Waals surface area contributed by atoms with Crippen molar-refractivity contribution in [1.29, 1.82) is 0 Å². The molecule has 0 radical (unpaired) electrons. The molecule has 5 rings (SSSR count). The lowest BCUT2D eigenvalue weighted by molar-refractivity contribution is -0.384. The van der Waals surface area contributed by atoms with Gasteiger partial charge in [-0.3, -0.25) is 14.9 Å². The number of aromatic nitrogens is 3. The van der Waals surface area contributed by atoms with Crippen LogP contribution in [0, 0.1) is 10.1 Å². The Kier molecular flexibility index (Phi) is 8.83. The van der Waals surface area contributed by atoms with Crippen molar-refractivity contribution in [1.82, 2.24) is 19.9 Å². The maximum absolute atomic E-state index is 11.9.